The van der Waals surface area contributed by atoms with Crippen molar-refractivity contribution in [3.63, 3.8) is 0 Å². The molecule has 0 atom stereocenters. The molecule has 0 aromatic heterocycles. The molecule has 2 aromatic carbocycles. The second-order valence-corrected chi connectivity index (χ2v) is 4.37. The summed E-state index contributed by atoms with van der Waals surface area (Å²) >= 11 is 0. The molecule has 0 unspecified atom stereocenters. The zero-order valence-electron chi connectivity index (χ0n) is 10.8. The molecule has 0 fully saturated rings. The van der Waals surface area contributed by atoms with Crippen LogP contribution in [0.5, 0.6) is 5.75 Å². The number of hydrogen-bond acceptors (Lipinski definition) is 2. The average Bonchev–Trinajstić information content (AvgIpc) is 2.44. The van der Waals surface area contributed by atoms with Crippen LogP contribution in [0.25, 0.3) is 6.08 Å². The van der Waals surface area contributed by atoms with Gasteiger partial charge < -0.3 is 5.11 Å². The van der Waals surface area contributed by atoms with Crippen LogP contribution in [-0.4, -0.2) is 10.9 Å². The first-order valence-corrected chi connectivity index (χ1v) is 6.05. The standard InChI is InChI=1S/C16H11F3O2/c17-16(18,19)13-7-5-12(6-8-13)15(21)9-4-11-2-1-3-14(20)10-11/h1-10,20H/b9-4+. The number of phenols is 1. The highest BCUT2D eigenvalue weighted by molar-refractivity contribution is 6.06. The molecule has 0 aliphatic rings. The summed E-state index contributed by atoms with van der Waals surface area (Å²) in [7, 11) is 0. The number of ketones is 1. The first-order valence-electron chi connectivity index (χ1n) is 6.05. The van der Waals surface area contributed by atoms with E-state index in [1.807, 2.05) is 0 Å². The summed E-state index contributed by atoms with van der Waals surface area (Å²) < 4.78 is 37.2. The molecular weight excluding hydrogens is 281 g/mol. The Morgan fingerprint density at radius 1 is 1.05 bits per heavy atom. The predicted octanol–water partition coefficient (Wildman–Crippen LogP) is 4.31. The van der Waals surface area contributed by atoms with Gasteiger partial charge in [-0.2, -0.15) is 13.2 Å². The largest absolute Gasteiger partial charge is 0.508 e. The van der Waals surface area contributed by atoms with Crippen LogP contribution in [0, 0.1) is 0 Å². The summed E-state index contributed by atoms with van der Waals surface area (Å²) in [5, 5.41) is 9.28. The van der Waals surface area contributed by atoms with Crippen LogP contribution in [0.4, 0.5) is 13.2 Å². The molecule has 0 radical (unpaired) electrons. The molecule has 0 saturated heterocycles. The van der Waals surface area contributed by atoms with Gasteiger partial charge >= 0.3 is 6.18 Å². The molecule has 0 amide bonds. The van der Waals surface area contributed by atoms with E-state index in [4.69, 9.17) is 0 Å². The highest BCUT2D eigenvalue weighted by Gasteiger charge is 2.30. The van der Waals surface area contributed by atoms with Crippen LogP contribution in [-0.2, 0) is 6.18 Å². The van der Waals surface area contributed by atoms with Crippen LogP contribution in [0.15, 0.2) is 54.6 Å². The smallest absolute Gasteiger partial charge is 0.416 e. The third-order valence-corrected chi connectivity index (χ3v) is 2.79. The van der Waals surface area contributed by atoms with Crippen molar-refractivity contribution in [1.82, 2.24) is 0 Å². The third-order valence-electron chi connectivity index (χ3n) is 2.79. The summed E-state index contributed by atoms with van der Waals surface area (Å²) in [5.74, 6) is -0.341. The maximum Gasteiger partial charge on any atom is 0.416 e. The van der Waals surface area contributed by atoms with Crippen molar-refractivity contribution in [1.29, 1.82) is 0 Å². The summed E-state index contributed by atoms with van der Waals surface area (Å²) in [6.07, 6.45) is -1.68. The number of alkyl halides is 3. The summed E-state index contributed by atoms with van der Waals surface area (Å²) in [6, 6.07) is 10.3. The van der Waals surface area contributed by atoms with Crippen LogP contribution in [0.2, 0.25) is 0 Å². The van der Waals surface area contributed by atoms with Crippen molar-refractivity contribution in [3.05, 3.63) is 71.3 Å². The Morgan fingerprint density at radius 3 is 2.29 bits per heavy atom. The van der Waals surface area contributed by atoms with Gasteiger partial charge in [-0.15, -0.1) is 0 Å². The van der Waals surface area contributed by atoms with Gasteiger partial charge in [-0.1, -0.05) is 30.3 Å². The average molecular weight is 292 g/mol. The lowest BCUT2D eigenvalue weighted by molar-refractivity contribution is -0.137. The van der Waals surface area contributed by atoms with E-state index in [1.165, 1.54) is 24.3 Å². The lowest BCUT2D eigenvalue weighted by Gasteiger charge is -2.06. The first kappa shape index (κ1) is 14.8. The monoisotopic (exact) mass is 292 g/mol. The Morgan fingerprint density at radius 2 is 1.71 bits per heavy atom. The third kappa shape index (κ3) is 3.95. The number of aromatic hydroxyl groups is 1. The molecule has 2 nitrogen and oxygen atoms in total. The molecule has 0 heterocycles. The zero-order valence-corrected chi connectivity index (χ0v) is 10.8. The van der Waals surface area contributed by atoms with Crippen molar-refractivity contribution < 1.29 is 23.1 Å². The number of hydrogen-bond donors (Lipinski definition) is 1. The normalized spacial score (nSPS) is 11.8. The van der Waals surface area contributed by atoms with Crippen molar-refractivity contribution in [3.8, 4) is 5.75 Å². The summed E-state index contributed by atoms with van der Waals surface area (Å²) in [4.78, 5) is 11.8. The number of carbonyl (C=O) groups excluding carboxylic acids is 1. The van der Waals surface area contributed by atoms with Crippen LogP contribution in [0.1, 0.15) is 21.5 Å². The van der Waals surface area contributed by atoms with Gasteiger partial charge in [-0.3, -0.25) is 4.79 Å². The Balaban J connectivity index is 2.14. The molecule has 0 saturated carbocycles. The number of phenolic OH excluding ortho intramolecular Hbond substituents is 1. The van der Waals surface area contributed by atoms with E-state index in [0.29, 0.717) is 5.56 Å². The molecule has 21 heavy (non-hydrogen) atoms. The van der Waals surface area contributed by atoms with Crippen LogP contribution in [0.3, 0.4) is 0 Å². The maximum atomic E-state index is 12.4. The minimum atomic E-state index is -4.42. The van der Waals surface area contributed by atoms with Crippen molar-refractivity contribution in [2.75, 3.05) is 0 Å². The van der Waals surface area contributed by atoms with Gasteiger partial charge in [0.05, 0.1) is 5.56 Å². The Bertz CT molecular complexity index is 671. The Kier molecular flexibility index (Phi) is 4.12. The lowest BCUT2D eigenvalue weighted by atomic mass is 10.1. The minimum absolute atomic E-state index is 0.0686. The van der Waals surface area contributed by atoms with Crippen molar-refractivity contribution >= 4 is 11.9 Å². The first-order chi connectivity index (χ1) is 9.86. The van der Waals surface area contributed by atoms with Crippen LogP contribution < -0.4 is 0 Å². The minimum Gasteiger partial charge on any atom is -0.508 e. The van der Waals surface area contributed by atoms with Gasteiger partial charge in [-0.25, -0.2) is 0 Å². The molecule has 1 N–H and O–H groups in total. The second-order valence-electron chi connectivity index (χ2n) is 4.37. The van der Waals surface area contributed by atoms with Crippen molar-refractivity contribution in [2.45, 2.75) is 6.18 Å². The van der Waals surface area contributed by atoms with Gasteiger partial charge in [0.25, 0.3) is 0 Å². The van der Waals surface area contributed by atoms with E-state index in [2.05, 4.69) is 0 Å². The molecule has 0 aliphatic heterocycles. The predicted molar refractivity (Wildman–Crippen MR) is 72.9 cm³/mol. The van der Waals surface area contributed by atoms with Crippen LogP contribution >= 0.6 is 0 Å². The molecule has 0 spiro atoms. The Hall–Kier alpha value is -2.56. The van der Waals surface area contributed by atoms with Crippen molar-refractivity contribution in [2.24, 2.45) is 0 Å². The Labute approximate surface area is 119 Å². The summed E-state index contributed by atoms with van der Waals surface area (Å²) in [6.45, 7) is 0. The zero-order chi connectivity index (χ0) is 15.5. The number of halogens is 3. The highest BCUT2D eigenvalue weighted by atomic mass is 19.4. The van der Waals surface area contributed by atoms with E-state index < -0.39 is 17.5 Å². The molecule has 108 valence electrons. The maximum absolute atomic E-state index is 12.4. The van der Waals surface area contributed by atoms with E-state index in [0.717, 1.165) is 24.3 Å². The quantitative estimate of drug-likeness (QED) is 0.676. The fourth-order valence-electron chi connectivity index (χ4n) is 1.72. The topological polar surface area (TPSA) is 37.3 Å². The fraction of sp³-hybridized carbons (Fsp3) is 0.0625. The number of benzene rings is 2. The molecule has 0 bridgehead atoms. The molecule has 0 aliphatic carbocycles. The second kappa shape index (κ2) is 5.83. The number of carbonyl (C=O) groups is 1. The molecular formula is C16H11F3O2. The number of allylic oxidation sites excluding steroid dienone is 1. The number of rotatable bonds is 3. The van der Waals surface area contributed by atoms with Gasteiger partial charge in [0.15, 0.2) is 5.78 Å². The van der Waals surface area contributed by atoms with E-state index in [1.54, 1.807) is 12.1 Å². The van der Waals surface area contributed by atoms with E-state index >= 15 is 0 Å². The van der Waals surface area contributed by atoms with E-state index in [9.17, 15) is 23.1 Å². The van der Waals surface area contributed by atoms with Gasteiger partial charge in [-0.05, 0) is 35.9 Å². The lowest BCUT2D eigenvalue weighted by Crippen LogP contribution is -2.05. The molecule has 5 heteroatoms. The van der Waals surface area contributed by atoms with Gasteiger partial charge in [0, 0.05) is 5.56 Å². The highest BCUT2D eigenvalue weighted by Crippen LogP contribution is 2.29. The fourth-order valence-corrected chi connectivity index (χ4v) is 1.72. The molecule has 2 aromatic rings. The van der Waals surface area contributed by atoms with Gasteiger partial charge in [0.1, 0.15) is 5.75 Å². The summed E-state index contributed by atoms with van der Waals surface area (Å²) in [5.41, 5.74) is -0.00863. The van der Waals surface area contributed by atoms with Gasteiger partial charge in [0.2, 0.25) is 0 Å². The SMILES string of the molecule is O=C(/C=C/c1cccc(O)c1)c1ccc(C(F)(F)F)cc1. The van der Waals surface area contributed by atoms with E-state index in [-0.39, 0.29) is 11.3 Å². The molecule has 2 rings (SSSR count).